The molecule has 1 N–H and O–H groups in total. The monoisotopic (exact) mass is 153 g/mol. The van der Waals surface area contributed by atoms with Gasteiger partial charge in [-0.05, 0) is 25.2 Å². The summed E-state index contributed by atoms with van der Waals surface area (Å²) in [6.45, 7) is 0. The van der Waals surface area contributed by atoms with Crippen LogP contribution >= 0.6 is 0 Å². The highest BCUT2D eigenvalue weighted by atomic mass is 16.6. The summed E-state index contributed by atoms with van der Waals surface area (Å²) in [6, 6.07) is 0.444. The maximum Gasteiger partial charge on any atom is 0.407 e. The van der Waals surface area contributed by atoms with Crippen molar-refractivity contribution >= 4 is 6.09 Å². The van der Waals surface area contributed by atoms with Crippen molar-refractivity contribution in [2.75, 3.05) is 0 Å². The van der Waals surface area contributed by atoms with Crippen molar-refractivity contribution in [1.29, 1.82) is 0 Å². The topological polar surface area (TPSA) is 38.3 Å². The van der Waals surface area contributed by atoms with Crippen molar-refractivity contribution in [1.82, 2.24) is 5.32 Å². The summed E-state index contributed by atoms with van der Waals surface area (Å²) in [5.74, 6) is 1.47. The number of nitrogens with one attached hydrogen (secondary N) is 1. The Bertz CT molecular complexity index is 198. The van der Waals surface area contributed by atoms with E-state index in [0.29, 0.717) is 12.0 Å². The minimum Gasteiger partial charge on any atom is -0.446 e. The lowest BCUT2D eigenvalue weighted by atomic mass is 9.92. The number of carbonyl (C=O) groups is 1. The van der Waals surface area contributed by atoms with Gasteiger partial charge in [-0.25, -0.2) is 4.79 Å². The molecule has 1 heterocycles. The van der Waals surface area contributed by atoms with Crippen LogP contribution in [0.25, 0.3) is 0 Å². The SMILES string of the molecule is O=C1NC2CC3CC(O1)C2C3. The van der Waals surface area contributed by atoms with Crippen molar-refractivity contribution in [2.45, 2.75) is 31.4 Å². The van der Waals surface area contributed by atoms with E-state index in [4.69, 9.17) is 4.74 Å². The minimum absolute atomic E-state index is 0.198. The van der Waals surface area contributed by atoms with E-state index in [-0.39, 0.29) is 12.2 Å². The van der Waals surface area contributed by atoms with E-state index in [0.717, 1.165) is 12.3 Å². The van der Waals surface area contributed by atoms with Gasteiger partial charge in [-0.15, -0.1) is 0 Å². The smallest absolute Gasteiger partial charge is 0.407 e. The van der Waals surface area contributed by atoms with Crippen molar-refractivity contribution in [3.63, 3.8) is 0 Å². The number of carbonyl (C=O) groups excluding carboxylic acids is 1. The molecule has 1 aliphatic heterocycles. The maximum absolute atomic E-state index is 10.9. The summed E-state index contributed by atoms with van der Waals surface area (Å²) in [7, 11) is 0. The van der Waals surface area contributed by atoms with Gasteiger partial charge in [0.25, 0.3) is 0 Å². The lowest BCUT2D eigenvalue weighted by Gasteiger charge is -2.34. The highest BCUT2D eigenvalue weighted by molar-refractivity contribution is 5.69. The van der Waals surface area contributed by atoms with Gasteiger partial charge >= 0.3 is 6.09 Å². The first-order valence-corrected chi connectivity index (χ1v) is 4.30. The molecule has 11 heavy (non-hydrogen) atoms. The van der Waals surface area contributed by atoms with Gasteiger partial charge in [0.15, 0.2) is 0 Å². The normalized spacial score (nSPS) is 52.2. The van der Waals surface area contributed by atoms with Gasteiger partial charge in [0, 0.05) is 12.0 Å². The molecule has 0 aromatic heterocycles. The van der Waals surface area contributed by atoms with E-state index in [9.17, 15) is 4.79 Å². The predicted molar refractivity (Wildman–Crippen MR) is 38.0 cm³/mol. The molecule has 60 valence electrons. The fraction of sp³-hybridized carbons (Fsp3) is 0.875. The second-order valence-corrected chi connectivity index (χ2v) is 3.93. The first-order valence-electron chi connectivity index (χ1n) is 4.30. The molecule has 0 spiro atoms. The molecule has 0 aromatic carbocycles. The Morgan fingerprint density at radius 2 is 2.27 bits per heavy atom. The Hall–Kier alpha value is -0.730. The first kappa shape index (κ1) is 5.86. The van der Waals surface area contributed by atoms with Crippen LogP contribution in [0.3, 0.4) is 0 Å². The second-order valence-electron chi connectivity index (χ2n) is 3.93. The average Bonchev–Trinajstić information content (AvgIpc) is 2.41. The van der Waals surface area contributed by atoms with E-state index >= 15 is 0 Å². The van der Waals surface area contributed by atoms with Crippen LogP contribution in [0.1, 0.15) is 19.3 Å². The number of amides is 1. The third kappa shape index (κ3) is 0.659. The van der Waals surface area contributed by atoms with E-state index in [1.54, 1.807) is 0 Å². The van der Waals surface area contributed by atoms with Gasteiger partial charge in [0.05, 0.1) is 0 Å². The Morgan fingerprint density at radius 1 is 1.36 bits per heavy atom. The molecular weight excluding hydrogens is 142 g/mol. The van der Waals surface area contributed by atoms with Crippen LogP contribution in [0, 0.1) is 11.8 Å². The number of fused-ring (bicyclic) bond motifs is 1. The van der Waals surface area contributed by atoms with E-state index in [1.807, 2.05) is 0 Å². The average molecular weight is 153 g/mol. The number of alkyl carbamates (subject to hydrolysis) is 1. The quantitative estimate of drug-likeness (QED) is 0.561. The van der Waals surface area contributed by atoms with Gasteiger partial charge in [0.2, 0.25) is 0 Å². The van der Waals surface area contributed by atoms with Crippen molar-refractivity contribution in [3.8, 4) is 0 Å². The van der Waals surface area contributed by atoms with Crippen LogP contribution in [0.5, 0.6) is 0 Å². The van der Waals surface area contributed by atoms with Gasteiger partial charge in [-0.3, -0.25) is 0 Å². The molecule has 3 nitrogen and oxygen atoms in total. The zero-order chi connectivity index (χ0) is 7.42. The molecule has 1 saturated heterocycles. The summed E-state index contributed by atoms with van der Waals surface area (Å²) < 4.78 is 5.16. The Balaban J connectivity index is 1.92. The highest BCUT2D eigenvalue weighted by Crippen LogP contribution is 2.47. The standard InChI is InChI=1S/C8H11NO2/c10-8-9-6-2-4-1-5(6)7(3-4)11-8/h4-7H,1-3H2,(H,9,10). The molecule has 2 bridgehead atoms. The van der Waals surface area contributed by atoms with Crippen molar-refractivity contribution in [3.05, 3.63) is 0 Å². The fourth-order valence-corrected chi connectivity index (χ4v) is 2.91. The molecule has 3 heteroatoms. The molecule has 4 atom stereocenters. The largest absolute Gasteiger partial charge is 0.446 e. The highest BCUT2D eigenvalue weighted by Gasteiger charge is 2.51. The maximum atomic E-state index is 10.9. The van der Waals surface area contributed by atoms with E-state index in [1.165, 1.54) is 12.8 Å². The summed E-state index contributed by atoms with van der Waals surface area (Å²) in [4.78, 5) is 10.9. The first-order chi connectivity index (χ1) is 5.33. The third-order valence-corrected chi connectivity index (χ3v) is 3.31. The number of ether oxygens (including phenoxy) is 1. The van der Waals surface area contributed by atoms with Gasteiger partial charge in [-0.2, -0.15) is 0 Å². The van der Waals surface area contributed by atoms with Gasteiger partial charge < -0.3 is 10.1 Å². The van der Waals surface area contributed by atoms with Gasteiger partial charge in [-0.1, -0.05) is 0 Å². The molecule has 2 saturated carbocycles. The molecule has 4 unspecified atom stereocenters. The molecule has 2 aliphatic carbocycles. The van der Waals surface area contributed by atoms with Gasteiger partial charge in [0.1, 0.15) is 6.10 Å². The van der Waals surface area contributed by atoms with Crippen LogP contribution in [0.4, 0.5) is 4.79 Å². The number of hydrogen-bond donors (Lipinski definition) is 1. The molecule has 0 aromatic rings. The molecule has 1 amide bonds. The Morgan fingerprint density at radius 3 is 3.00 bits per heavy atom. The van der Waals surface area contributed by atoms with Crippen LogP contribution in [-0.4, -0.2) is 18.2 Å². The minimum atomic E-state index is -0.198. The fourth-order valence-electron chi connectivity index (χ4n) is 2.91. The Labute approximate surface area is 65.1 Å². The summed E-state index contributed by atoms with van der Waals surface area (Å²) in [5, 5.41) is 2.88. The van der Waals surface area contributed by atoms with Crippen molar-refractivity contribution in [2.24, 2.45) is 11.8 Å². The summed E-state index contributed by atoms with van der Waals surface area (Å²) >= 11 is 0. The van der Waals surface area contributed by atoms with E-state index < -0.39 is 0 Å². The molecule has 0 radical (unpaired) electrons. The summed E-state index contributed by atoms with van der Waals surface area (Å²) in [6.07, 6.45) is 3.64. The van der Waals surface area contributed by atoms with Crippen molar-refractivity contribution < 1.29 is 9.53 Å². The van der Waals surface area contributed by atoms with Crippen LogP contribution in [-0.2, 0) is 4.74 Å². The molecule has 3 fully saturated rings. The lowest BCUT2D eigenvalue weighted by Crippen LogP contribution is -2.51. The summed E-state index contributed by atoms with van der Waals surface area (Å²) in [5.41, 5.74) is 0. The molecular formula is C8H11NO2. The van der Waals surface area contributed by atoms with E-state index in [2.05, 4.69) is 5.32 Å². The zero-order valence-electron chi connectivity index (χ0n) is 6.25. The zero-order valence-corrected chi connectivity index (χ0v) is 6.25. The van der Waals surface area contributed by atoms with Crippen LogP contribution in [0.15, 0.2) is 0 Å². The van der Waals surface area contributed by atoms with Crippen LogP contribution < -0.4 is 5.32 Å². The lowest BCUT2D eigenvalue weighted by molar-refractivity contribution is 0.0217. The predicted octanol–water partition coefficient (Wildman–Crippen LogP) is 0.893. The Kier molecular flexibility index (Phi) is 0.910. The second kappa shape index (κ2) is 1.71. The number of rotatable bonds is 0. The number of hydrogen-bond acceptors (Lipinski definition) is 2. The third-order valence-electron chi connectivity index (χ3n) is 3.31. The van der Waals surface area contributed by atoms with Crippen LogP contribution in [0.2, 0.25) is 0 Å². The molecule has 3 rings (SSSR count). The molecule has 3 aliphatic rings.